The first-order chi connectivity index (χ1) is 12.0. The molecule has 6 nitrogen and oxygen atoms in total. The zero-order valence-corrected chi connectivity index (χ0v) is 14.5. The van der Waals surface area contributed by atoms with E-state index >= 15 is 0 Å². The van der Waals surface area contributed by atoms with Gasteiger partial charge >= 0.3 is 0 Å². The van der Waals surface area contributed by atoms with E-state index in [2.05, 4.69) is 15.6 Å². The van der Waals surface area contributed by atoms with Gasteiger partial charge in [0, 0.05) is 18.0 Å². The Morgan fingerprint density at radius 3 is 2.44 bits per heavy atom. The molecule has 8 heteroatoms. The van der Waals surface area contributed by atoms with Gasteiger partial charge < -0.3 is 0 Å². The summed E-state index contributed by atoms with van der Waals surface area (Å²) in [5, 5.41) is 9.59. The number of carbonyl (C=O) groups excluding carboxylic acids is 1. The van der Waals surface area contributed by atoms with Crippen LogP contribution >= 0.6 is 23.2 Å². The lowest BCUT2D eigenvalue weighted by atomic mass is 10.1. The Bertz CT molecular complexity index is 1040. The van der Waals surface area contributed by atoms with E-state index in [1.54, 1.807) is 42.5 Å². The average molecular weight is 375 g/mol. The van der Waals surface area contributed by atoms with Crippen molar-refractivity contribution in [3.63, 3.8) is 0 Å². The quantitative estimate of drug-likeness (QED) is 0.565. The highest BCUT2D eigenvalue weighted by Crippen LogP contribution is 2.22. The van der Waals surface area contributed by atoms with Crippen molar-refractivity contribution < 1.29 is 4.79 Å². The fourth-order valence-electron chi connectivity index (χ4n) is 2.31. The van der Waals surface area contributed by atoms with Crippen LogP contribution in [0.25, 0.3) is 10.8 Å². The molecule has 1 amide bonds. The molecule has 1 N–H and O–H groups in total. The zero-order chi connectivity index (χ0) is 18.0. The van der Waals surface area contributed by atoms with Gasteiger partial charge in [-0.15, -0.1) is 0 Å². The van der Waals surface area contributed by atoms with Crippen LogP contribution in [0.15, 0.2) is 52.4 Å². The van der Waals surface area contributed by atoms with Crippen molar-refractivity contribution in [3.8, 4) is 0 Å². The standard InChI is InChI=1S/C17H12Cl2N4O2/c1-23-17(25)11-6-3-2-5-10(11)15(22-23)16(24)21-20-9-12-13(18)7-4-8-14(12)19/h2-9H,1H3,(H,21,24)/b20-9+. The van der Waals surface area contributed by atoms with Gasteiger partial charge in [-0.2, -0.15) is 10.2 Å². The number of amides is 1. The van der Waals surface area contributed by atoms with Gasteiger partial charge in [-0.05, 0) is 18.2 Å². The Hall–Kier alpha value is -2.70. The predicted molar refractivity (Wildman–Crippen MR) is 98.5 cm³/mol. The van der Waals surface area contributed by atoms with E-state index in [1.807, 2.05) is 0 Å². The summed E-state index contributed by atoms with van der Waals surface area (Å²) >= 11 is 12.1. The summed E-state index contributed by atoms with van der Waals surface area (Å²) in [7, 11) is 1.48. The summed E-state index contributed by atoms with van der Waals surface area (Å²) in [6.07, 6.45) is 1.35. The second kappa shape index (κ2) is 7.04. The van der Waals surface area contributed by atoms with Crippen LogP contribution in [0.4, 0.5) is 0 Å². The Kier molecular flexibility index (Phi) is 4.83. The normalized spacial score (nSPS) is 11.2. The molecule has 25 heavy (non-hydrogen) atoms. The molecule has 0 aliphatic carbocycles. The number of fused-ring (bicyclic) bond motifs is 1. The third kappa shape index (κ3) is 3.40. The van der Waals surface area contributed by atoms with Crippen molar-refractivity contribution >= 4 is 46.1 Å². The van der Waals surface area contributed by atoms with Crippen molar-refractivity contribution in [2.75, 3.05) is 0 Å². The number of aryl methyl sites for hydroxylation is 1. The largest absolute Gasteiger partial charge is 0.292 e. The van der Waals surface area contributed by atoms with Crippen molar-refractivity contribution in [2.45, 2.75) is 0 Å². The maximum atomic E-state index is 12.4. The van der Waals surface area contributed by atoms with Gasteiger partial charge in [0.25, 0.3) is 11.5 Å². The maximum Gasteiger partial charge on any atom is 0.292 e. The molecule has 2 aromatic carbocycles. The van der Waals surface area contributed by atoms with E-state index in [0.717, 1.165) is 4.68 Å². The fourth-order valence-corrected chi connectivity index (χ4v) is 2.80. The van der Waals surface area contributed by atoms with Gasteiger partial charge in [-0.1, -0.05) is 47.5 Å². The van der Waals surface area contributed by atoms with Gasteiger partial charge in [0.1, 0.15) is 0 Å². The maximum absolute atomic E-state index is 12.4. The smallest absolute Gasteiger partial charge is 0.267 e. The lowest BCUT2D eigenvalue weighted by Crippen LogP contribution is -2.27. The third-order valence-corrected chi connectivity index (χ3v) is 4.19. The number of aromatic nitrogens is 2. The summed E-state index contributed by atoms with van der Waals surface area (Å²) < 4.78 is 1.12. The van der Waals surface area contributed by atoms with Gasteiger partial charge in [0.05, 0.1) is 21.6 Å². The average Bonchev–Trinajstić information content (AvgIpc) is 2.60. The monoisotopic (exact) mass is 374 g/mol. The number of hydrazone groups is 1. The van der Waals surface area contributed by atoms with E-state index in [9.17, 15) is 9.59 Å². The molecule has 0 radical (unpaired) electrons. The number of nitrogens with one attached hydrogen (secondary N) is 1. The van der Waals surface area contributed by atoms with Gasteiger partial charge in [0.15, 0.2) is 5.69 Å². The van der Waals surface area contributed by atoms with Crippen LogP contribution in [0.1, 0.15) is 16.1 Å². The van der Waals surface area contributed by atoms with Crippen LogP contribution < -0.4 is 11.0 Å². The lowest BCUT2D eigenvalue weighted by Gasteiger charge is -2.06. The molecular formula is C17H12Cl2N4O2. The third-order valence-electron chi connectivity index (χ3n) is 3.53. The number of halogens is 2. The molecule has 0 spiro atoms. The summed E-state index contributed by atoms with van der Waals surface area (Å²) in [5.74, 6) is -0.550. The van der Waals surface area contributed by atoms with Crippen LogP contribution in [0.3, 0.4) is 0 Å². The zero-order valence-electron chi connectivity index (χ0n) is 13.0. The molecule has 1 aromatic heterocycles. The number of carbonyl (C=O) groups is 1. The van der Waals surface area contributed by atoms with Crippen LogP contribution in [0.5, 0.6) is 0 Å². The topological polar surface area (TPSA) is 76.3 Å². The minimum atomic E-state index is -0.550. The van der Waals surface area contributed by atoms with Crippen molar-refractivity contribution in [3.05, 3.63) is 74.1 Å². The number of benzene rings is 2. The van der Waals surface area contributed by atoms with E-state index in [-0.39, 0.29) is 11.3 Å². The molecule has 0 bridgehead atoms. The molecule has 0 saturated carbocycles. The molecule has 1 heterocycles. The highest BCUT2D eigenvalue weighted by Gasteiger charge is 2.15. The fraction of sp³-hybridized carbons (Fsp3) is 0.0588. The lowest BCUT2D eigenvalue weighted by molar-refractivity contribution is 0.0950. The number of hydrogen-bond donors (Lipinski definition) is 1. The SMILES string of the molecule is Cn1nc(C(=O)N/N=C/c2c(Cl)cccc2Cl)c2ccccc2c1=O. The predicted octanol–water partition coefficient (Wildman–Crippen LogP) is 3.00. The van der Waals surface area contributed by atoms with E-state index in [4.69, 9.17) is 23.2 Å². The Morgan fingerprint density at radius 1 is 1.12 bits per heavy atom. The van der Waals surface area contributed by atoms with Crippen LogP contribution in [-0.2, 0) is 7.05 Å². The summed E-state index contributed by atoms with van der Waals surface area (Å²) in [5.41, 5.74) is 2.68. The van der Waals surface area contributed by atoms with Gasteiger partial charge in [-0.3, -0.25) is 9.59 Å². The molecule has 3 aromatic rings. The summed E-state index contributed by atoms with van der Waals surface area (Å²) in [6, 6.07) is 11.8. The Morgan fingerprint density at radius 2 is 1.76 bits per heavy atom. The second-order valence-electron chi connectivity index (χ2n) is 5.16. The highest BCUT2D eigenvalue weighted by atomic mass is 35.5. The van der Waals surface area contributed by atoms with Crippen LogP contribution in [0.2, 0.25) is 10.0 Å². The molecule has 0 saturated heterocycles. The minimum Gasteiger partial charge on any atom is -0.267 e. The molecule has 0 unspecified atom stereocenters. The molecule has 0 fully saturated rings. The minimum absolute atomic E-state index is 0.0973. The first-order valence-corrected chi connectivity index (χ1v) is 7.98. The highest BCUT2D eigenvalue weighted by molar-refractivity contribution is 6.38. The van der Waals surface area contributed by atoms with E-state index < -0.39 is 5.91 Å². The molecule has 3 rings (SSSR count). The van der Waals surface area contributed by atoms with E-state index in [1.165, 1.54) is 13.3 Å². The molecular weight excluding hydrogens is 363 g/mol. The molecule has 0 aliphatic heterocycles. The van der Waals surface area contributed by atoms with Crippen molar-refractivity contribution in [2.24, 2.45) is 12.1 Å². The van der Waals surface area contributed by atoms with Crippen LogP contribution in [0, 0.1) is 0 Å². The van der Waals surface area contributed by atoms with Gasteiger partial charge in [-0.25, -0.2) is 10.1 Å². The van der Waals surface area contributed by atoms with Crippen molar-refractivity contribution in [1.82, 2.24) is 15.2 Å². The molecule has 126 valence electrons. The molecule has 0 atom stereocenters. The number of rotatable bonds is 3. The van der Waals surface area contributed by atoms with Gasteiger partial charge in [0.2, 0.25) is 0 Å². The summed E-state index contributed by atoms with van der Waals surface area (Å²) in [4.78, 5) is 24.5. The first-order valence-electron chi connectivity index (χ1n) is 7.22. The Balaban J connectivity index is 1.92. The number of nitrogens with zero attached hydrogens (tertiary/aromatic N) is 3. The first kappa shape index (κ1) is 17.1. The molecule has 0 aliphatic rings. The van der Waals surface area contributed by atoms with Crippen molar-refractivity contribution in [1.29, 1.82) is 0 Å². The second-order valence-corrected chi connectivity index (χ2v) is 5.97. The number of hydrogen-bond acceptors (Lipinski definition) is 4. The van der Waals surface area contributed by atoms with Crippen LogP contribution in [-0.4, -0.2) is 21.9 Å². The Labute approximate surface area is 152 Å². The summed E-state index contributed by atoms with van der Waals surface area (Å²) in [6.45, 7) is 0. The van der Waals surface area contributed by atoms with E-state index in [0.29, 0.717) is 26.4 Å².